The summed E-state index contributed by atoms with van der Waals surface area (Å²) in [5.74, 6) is 0.917. The predicted octanol–water partition coefficient (Wildman–Crippen LogP) is 1.54. The van der Waals surface area contributed by atoms with Crippen LogP contribution in [0.15, 0.2) is 0 Å². The summed E-state index contributed by atoms with van der Waals surface area (Å²) < 4.78 is 5.69. The van der Waals surface area contributed by atoms with Gasteiger partial charge in [0.2, 0.25) is 0 Å². The lowest BCUT2D eigenvalue weighted by Gasteiger charge is -2.21. The summed E-state index contributed by atoms with van der Waals surface area (Å²) in [7, 11) is 0. The number of fused-ring (bicyclic) bond motifs is 1. The second-order valence-corrected chi connectivity index (χ2v) is 4.74. The van der Waals surface area contributed by atoms with Crippen molar-refractivity contribution >= 4 is 0 Å². The quantitative estimate of drug-likeness (QED) is 0.841. The molecule has 17 heavy (non-hydrogen) atoms. The Labute approximate surface area is 102 Å². The van der Waals surface area contributed by atoms with Crippen LogP contribution in [0.5, 0.6) is 0 Å². The lowest BCUT2D eigenvalue weighted by Crippen LogP contribution is -2.27. The minimum Gasteiger partial charge on any atom is -0.370 e. The molecule has 0 amide bonds. The average molecular weight is 233 g/mol. The highest BCUT2D eigenvalue weighted by atomic mass is 16.5. The van der Waals surface area contributed by atoms with Crippen LogP contribution >= 0.6 is 0 Å². The number of rotatable bonds is 2. The largest absolute Gasteiger partial charge is 0.370 e. The van der Waals surface area contributed by atoms with Crippen molar-refractivity contribution in [2.45, 2.75) is 45.3 Å². The zero-order valence-electron chi connectivity index (χ0n) is 10.3. The number of hydrogen-bond donors (Lipinski definition) is 1. The molecule has 2 aliphatic heterocycles. The normalized spacial score (nSPS) is 23.7. The number of hydrogen-bond acceptors (Lipinski definition) is 4. The molecular weight excluding hydrogens is 214 g/mol. The van der Waals surface area contributed by atoms with Crippen molar-refractivity contribution in [3.05, 3.63) is 22.8 Å². The van der Waals surface area contributed by atoms with Gasteiger partial charge in [0, 0.05) is 37.4 Å². The first-order chi connectivity index (χ1) is 8.38. The molecule has 0 spiro atoms. The number of nitrogens with zero attached hydrogens (tertiary/aromatic N) is 2. The fraction of sp³-hybridized carbons (Fsp3) is 0.692. The molecule has 4 heteroatoms. The van der Waals surface area contributed by atoms with Crippen molar-refractivity contribution in [2.24, 2.45) is 0 Å². The number of nitrogens with one attached hydrogen (secondary N) is 1. The van der Waals surface area contributed by atoms with Crippen LogP contribution in [-0.4, -0.2) is 23.1 Å². The zero-order valence-corrected chi connectivity index (χ0v) is 10.3. The lowest BCUT2D eigenvalue weighted by molar-refractivity contribution is 0.104. The summed E-state index contributed by atoms with van der Waals surface area (Å²) in [6, 6.07) is 0. The maximum Gasteiger partial charge on any atom is 0.157 e. The van der Waals surface area contributed by atoms with E-state index in [1.54, 1.807) is 0 Å². The van der Waals surface area contributed by atoms with Crippen LogP contribution in [-0.2, 0) is 24.1 Å². The number of aryl methyl sites for hydroxylation is 1. The molecule has 3 rings (SSSR count). The predicted molar refractivity (Wildman–Crippen MR) is 64.7 cm³/mol. The third-order valence-electron chi connectivity index (χ3n) is 3.59. The van der Waals surface area contributed by atoms with Gasteiger partial charge in [-0.15, -0.1) is 0 Å². The van der Waals surface area contributed by atoms with Gasteiger partial charge in [0.15, 0.2) is 5.82 Å². The summed E-state index contributed by atoms with van der Waals surface area (Å²) >= 11 is 0. The van der Waals surface area contributed by atoms with Crippen LogP contribution in [0.25, 0.3) is 0 Å². The molecule has 1 saturated heterocycles. The Kier molecular flexibility index (Phi) is 3.07. The Morgan fingerprint density at radius 1 is 1.41 bits per heavy atom. The molecule has 1 aromatic heterocycles. The van der Waals surface area contributed by atoms with Gasteiger partial charge in [0.05, 0.1) is 5.69 Å². The van der Waals surface area contributed by atoms with E-state index in [4.69, 9.17) is 14.7 Å². The van der Waals surface area contributed by atoms with Crippen molar-refractivity contribution in [1.82, 2.24) is 15.3 Å². The Bertz CT molecular complexity index is 396. The van der Waals surface area contributed by atoms with E-state index in [1.165, 1.54) is 17.0 Å². The monoisotopic (exact) mass is 233 g/mol. The zero-order chi connectivity index (χ0) is 11.7. The molecule has 0 aliphatic carbocycles. The van der Waals surface area contributed by atoms with Crippen LogP contribution in [0.1, 0.15) is 48.6 Å². The van der Waals surface area contributed by atoms with Gasteiger partial charge in [-0.25, -0.2) is 9.97 Å². The maximum atomic E-state index is 5.69. The Morgan fingerprint density at radius 3 is 3.12 bits per heavy atom. The van der Waals surface area contributed by atoms with Crippen molar-refractivity contribution in [3.63, 3.8) is 0 Å². The summed E-state index contributed by atoms with van der Waals surface area (Å²) in [4.78, 5) is 9.44. The fourth-order valence-electron chi connectivity index (χ4n) is 2.65. The van der Waals surface area contributed by atoms with Crippen LogP contribution in [0.3, 0.4) is 0 Å². The van der Waals surface area contributed by atoms with E-state index in [2.05, 4.69) is 12.2 Å². The third kappa shape index (κ3) is 2.07. The van der Waals surface area contributed by atoms with Crippen LogP contribution in [0.4, 0.5) is 0 Å². The van der Waals surface area contributed by atoms with Crippen molar-refractivity contribution < 1.29 is 4.74 Å². The molecule has 0 radical (unpaired) electrons. The average Bonchev–Trinajstić information content (AvgIpc) is 2.91. The standard InChI is InChI=1S/C13H19N3O/c1-2-10-9-8-14-6-5-11(9)16-13(15-10)12-4-3-7-17-12/h12,14H,2-8H2,1H3. The molecule has 1 aromatic rings. The molecule has 0 aromatic carbocycles. The van der Waals surface area contributed by atoms with Gasteiger partial charge in [0.1, 0.15) is 6.10 Å². The summed E-state index contributed by atoms with van der Waals surface area (Å²) in [5.41, 5.74) is 3.76. The van der Waals surface area contributed by atoms with Gasteiger partial charge in [-0.2, -0.15) is 0 Å². The molecule has 1 fully saturated rings. The topological polar surface area (TPSA) is 47.0 Å². The minimum absolute atomic E-state index is 0.139. The van der Waals surface area contributed by atoms with E-state index in [9.17, 15) is 0 Å². The molecule has 0 saturated carbocycles. The second-order valence-electron chi connectivity index (χ2n) is 4.74. The van der Waals surface area contributed by atoms with Crippen LogP contribution in [0.2, 0.25) is 0 Å². The van der Waals surface area contributed by atoms with Crippen molar-refractivity contribution in [3.8, 4) is 0 Å². The van der Waals surface area contributed by atoms with E-state index in [-0.39, 0.29) is 6.10 Å². The van der Waals surface area contributed by atoms with Gasteiger partial charge in [-0.3, -0.25) is 0 Å². The molecule has 2 aliphatic rings. The van der Waals surface area contributed by atoms with E-state index in [0.717, 1.165) is 51.2 Å². The highest BCUT2D eigenvalue weighted by Gasteiger charge is 2.24. The first-order valence-electron chi connectivity index (χ1n) is 6.59. The maximum absolute atomic E-state index is 5.69. The van der Waals surface area contributed by atoms with E-state index in [1.807, 2.05) is 0 Å². The number of ether oxygens (including phenoxy) is 1. The second kappa shape index (κ2) is 4.70. The molecule has 1 unspecified atom stereocenters. The van der Waals surface area contributed by atoms with Gasteiger partial charge in [-0.1, -0.05) is 6.92 Å². The molecule has 0 bridgehead atoms. The Hall–Kier alpha value is -1.00. The van der Waals surface area contributed by atoms with Gasteiger partial charge < -0.3 is 10.1 Å². The molecule has 3 heterocycles. The van der Waals surface area contributed by atoms with E-state index < -0.39 is 0 Å². The van der Waals surface area contributed by atoms with Gasteiger partial charge >= 0.3 is 0 Å². The Morgan fingerprint density at radius 2 is 2.35 bits per heavy atom. The molecule has 92 valence electrons. The molecular formula is C13H19N3O. The SMILES string of the molecule is CCc1nc(C2CCCO2)nc2c1CNCC2. The first kappa shape index (κ1) is 11.1. The first-order valence-corrected chi connectivity index (χ1v) is 6.59. The highest BCUT2D eigenvalue weighted by Crippen LogP contribution is 2.28. The van der Waals surface area contributed by atoms with Gasteiger partial charge in [0.25, 0.3) is 0 Å². The van der Waals surface area contributed by atoms with Crippen molar-refractivity contribution in [2.75, 3.05) is 13.2 Å². The highest BCUT2D eigenvalue weighted by molar-refractivity contribution is 5.28. The minimum atomic E-state index is 0.139. The third-order valence-corrected chi connectivity index (χ3v) is 3.59. The summed E-state index contributed by atoms with van der Waals surface area (Å²) in [6.45, 7) is 4.97. The molecule has 1 atom stereocenters. The van der Waals surface area contributed by atoms with Crippen LogP contribution < -0.4 is 5.32 Å². The fourth-order valence-corrected chi connectivity index (χ4v) is 2.65. The lowest BCUT2D eigenvalue weighted by atomic mass is 10.0. The summed E-state index contributed by atoms with van der Waals surface area (Å²) in [5, 5.41) is 3.39. The van der Waals surface area contributed by atoms with E-state index in [0.29, 0.717) is 0 Å². The molecule has 1 N–H and O–H groups in total. The van der Waals surface area contributed by atoms with Crippen molar-refractivity contribution in [1.29, 1.82) is 0 Å². The number of aromatic nitrogens is 2. The van der Waals surface area contributed by atoms with Crippen LogP contribution in [0, 0.1) is 0 Å². The smallest absolute Gasteiger partial charge is 0.157 e. The van der Waals surface area contributed by atoms with E-state index >= 15 is 0 Å². The molecule has 4 nitrogen and oxygen atoms in total. The summed E-state index contributed by atoms with van der Waals surface area (Å²) in [6.07, 6.45) is 4.34. The Balaban J connectivity index is 1.99. The van der Waals surface area contributed by atoms with Gasteiger partial charge in [-0.05, 0) is 19.3 Å².